The third-order valence-electron chi connectivity index (χ3n) is 4.29. The van der Waals surface area contributed by atoms with Crippen LogP contribution in [0, 0.1) is 0 Å². The normalized spacial score (nSPS) is 13.9. The van der Waals surface area contributed by atoms with E-state index in [1.807, 2.05) is 6.07 Å². The fraction of sp³-hybridized carbons (Fsp3) is 0.389. The molecule has 0 unspecified atom stereocenters. The molecule has 2 amide bonds. The minimum absolute atomic E-state index is 0.0213. The number of halogens is 1. The van der Waals surface area contributed by atoms with Crippen molar-refractivity contribution in [2.75, 3.05) is 33.3 Å². The van der Waals surface area contributed by atoms with Gasteiger partial charge in [-0.1, -0.05) is 11.6 Å². The van der Waals surface area contributed by atoms with Gasteiger partial charge in [-0.05, 0) is 37.1 Å². The van der Waals surface area contributed by atoms with Gasteiger partial charge in [0.2, 0.25) is 5.91 Å². The van der Waals surface area contributed by atoms with E-state index < -0.39 is 0 Å². The fourth-order valence-corrected chi connectivity index (χ4v) is 3.05. The average Bonchev–Trinajstić information content (AvgIpc) is 3.16. The molecule has 1 aliphatic rings. The highest BCUT2D eigenvalue weighted by Gasteiger charge is 2.21. The highest BCUT2D eigenvalue weighted by Crippen LogP contribution is 2.29. The Kier molecular flexibility index (Phi) is 5.38. The van der Waals surface area contributed by atoms with E-state index in [9.17, 15) is 9.59 Å². The van der Waals surface area contributed by atoms with Gasteiger partial charge in [0.25, 0.3) is 5.91 Å². The summed E-state index contributed by atoms with van der Waals surface area (Å²) < 4.78 is 5.63. The lowest BCUT2D eigenvalue weighted by molar-refractivity contribution is -0.139. The number of ether oxygens (including phenoxy) is 1. The maximum atomic E-state index is 12.3. The zero-order valence-electron chi connectivity index (χ0n) is 14.1. The first-order chi connectivity index (χ1) is 12.1. The van der Waals surface area contributed by atoms with Crippen LogP contribution in [0.3, 0.4) is 0 Å². The van der Waals surface area contributed by atoms with Gasteiger partial charge in [-0.2, -0.15) is 0 Å². The third kappa shape index (κ3) is 4.02. The predicted octanol–water partition coefficient (Wildman–Crippen LogP) is 2.35. The van der Waals surface area contributed by atoms with E-state index in [0.29, 0.717) is 16.3 Å². The molecule has 7 heteroatoms. The maximum absolute atomic E-state index is 12.3. The number of amides is 2. The predicted molar refractivity (Wildman–Crippen MR) is 95.7 cm³/mol. The Hall–Kier alpha value is -2.34. The van der Waals surface area contributed by atoms with E-state index in [1.54, 1.807) is 36.3 Å². The molecule has 0 N–H and O–H groups in total. The average molecular weight is 362 g/mol. The van der Waals surface area contributed by atoms with Crippen molar-refractivity contribution in [3.8, 4) is 5.75 Å². The number of carbonyl (C=O) groups is 2. The molecule has 0 aliphatic carbocycles. The smallest absolute Gasteiger partial charge is 0.260 e. The van der Waals surface area contributed by atoms with Gasteiger partial charge in [-0.3, -0.25) is 14.6 Å². The number of fused-ring (bicyclic) bond motifs is 1. The molecule has 1 aliphatic heterocycles. The zero-order valence-corrected chi connectivity index (χ0v) is 14.8. The highest BCUT2D eigenvalue weighted by atomic mass is 35.5. The molecule has 1 aromatic heterocycles. The van der Waals surface area contributed by atoms with Crippen molar-refractivity contribution >= 4 is 34.3 Å². The molecule has 1 fully saturated rings. The first-order valence-corrected chi connectivity index (χ1v) is 8.62. The number of pyridine rings is 1. The summed E-state index contributed by atoms with van der Waals surface area (Å²) in [5.41, 5.74) is 0.610. The Morgan fingerprint density at radius 1 is 1.28 bits per heavy atom. The molecule has 2 heterocycles. The lowest BCUT2D eigenvalue weighted by atomic mass is 10.2. The number of hydrogen-bond acceptors (Lipinski definition) is 4. The van der Waals surface area contributed by atoms with Crippen LogP contribution in [0.15, 0.2) is 30.5 Å². The second kappa shape index (κ2) is 7.70. The molecule has 132 valence electrons. The number of hydrogen-bond donors (Lipinski definition) is 0. The largest absolute Gasteiger partial charge is 0.481 e. The summed E-state index contributed by atoms with van der Waals surface area (Å²) in [7, 11) is 1.61. The molecule has 0 radical (unpaired) electrons. The van der Waals surface area contributed by atoms with Gasteiger partial charge in [0.05, 0.1) is 11.6 Å². The van der Waals surface area contributed by atoms with Crippen LogP contribution in [0.25, 0.3) is 10.9 Å². The molecule has 2 aromatic rings. The van der Waals surface area contributed by atoms with E-state index in [-0.39, 0.29) is 25.0 Å². The summed E-state index contributed by atoms with van der Waals surface area (Å²) in [5.74, 6) is 0.214. The van der Waals surface area contributed by atoms with Gasteiger partial charge in [-0.15, -0.1) is 0 Å². The number of likely N-dealkylation sites (N-methyl/N-ethyl adjacent to an activating group) is 1. The molecular weight excluding hydrogens is 342 g/mol. The van der Waals surface area contributed by atoms with Crippen molar-refractivity contribution in [1.29, 1.82) is 0 Å². The summed E-state index contributed by atoms with van der Waals surface area (Å²) in [6, 6.07) is 7.05. The molecule has 0 saturated carbocycles. The van der Waals surface area contributed by atoms with Crippen LogP contribution in [-0.2, 0) is 9.59 Å². The number of benzene rings is 1. The van der Waals surface area contributed by atoms with Gasteiger partial charge in [0.15, 0.2) is 6.61 Å². The van der Waals surface area contributed by atoms with Gasteiger partial charge >= 0.3 is 0 Å². The minimum Gasteiger partial charge on any atom is -0.481 e. The van der Waals surface area contributed by atoms with Crippen LogP contribution < -0.4 is 4.74 Å². The summed E-state index contributed by atoms with van der Waals surface area (Å²) in [5, 5.41) is 1.35. The van der Waals surface area contributed by atoms with Gasteiger partial charge in [0, 0.05) is 31.7 Å². The van der Waals surface area contributed by atoms with Crippen molar-refractivity contribution < 1.29 is 14.3 Å². The molecule has 0 bridgehead atoms. The van der Waals surface area contributed by atoms with Crippen LogP contribution in [0.1, 0.15) is 12.8 Å². The standard InChI is InChI=1S/C18H20ClN3O3/c1-21(11-16(23)22-9-2-3-10-22)17(24)12-25-15-7-6-14(19)13-5-4-8-20-18(13)15/h4-8H,2-3,9-12H2,1H3. The number of nitrogens with zero attached hydrogens (tertiary/aromatic N) is 3. The monoisotopic (exact) mass is 361 g/mol. The van der Waals surface area contributed by atoms with Crippen molar-refractivity contribution in [3.05, 3.63) is 35.5 Å². The lowest BCUT2D eigenvalue weighted by Gasteiger charge is -2.21. The minimum atomic E-state index is -0.258. The number of likely N-dealkylation sites (tertiary alicyclic amines) is 1. The highest BCUT2D eigenvalue weighted by molar-refractivity contribution is 6.35. The summed E-state index contributed by atoms with van der Waals surface area (Å²) >= 11 is 6.15. The third-order valence-corrected chi connectivity index (χ3v) is 4.62. The first kappa shape index (κ1) is 17.5. The fourth-order valence-electron chi connectivity index (χ4n) is 2.84. The molecule has 1 saturated heterocycles. The van der Waals surface area contributed by atoms with Gasteiger partial charge in [0.1, 0.15) is 11.3 Å². The van der Waals surface area contributed by atoms with Crippen molar-refractivity contribution in [1.82, 2.24) is 14.8 Å². The number of aromatic nitrogens is 1. The van der Waals surface area contributed by atoms with Crippen LogP contribution in [0.5, 0.6) is 5.75 Å². The SMILES string of the molecule is CN(CC(=O)N1CCCC1)C(=O)COc1ccc(Cl)c2cccnc12. The van der Waals surface area contributed by atoms with E-state index in [4.69, 9.17) is 16.3 Å². The Morgan fingerprint density at radius 3 is 2.80 bits per heavy atom. The van der Waals surface area contributed by atoms with Crippen LogP contribution in [0.2, 0.25) is 5.02 Å². The van der Waals surface area contributed by atoms with Crippen LogP contribution in [0.4, 0.5) is 0 Å². The Bertz CT molecular complexity index is 790. The Labute approximate surface area is 151 Å². The summed E-state index contributed by atoms with van der Waals surface area (Å²) in [6.45, 7) is 1.47. The molecule has 6 nitrogen and oxygen atoms in total. The number of carbonyl (C=O) groups excluding carboxylic acids is 2. The van der Waals surface area contributed by atoms with E-state index >= 15 is 0 Å². The molecule has 3 rings (SSSR count). The number of rotatable bonds is 5. The summed E-state index contributed by atoms with van der Waals surface area (Å²) in [6.07, 6.45) is 3.71. The Balaban J connectivity index is 1.60. The Morgan fingerprint density at radius 2 is 2.04 bits per heavy atom. The maximum Gasteiger partial charge on any atom is 0.260 e. The molecule has 0 spiro atoms. The first-order valence-electron chi connectivity index (χ1n) is 8.24. The van der Waals surface area contributed by atoms with Gasteiger partial charge < -0.3 is 14.5 Å². The van der Waals surface area contributed by atoms with E-state index in [0.717, 1.165) is 31.3 Å². The second-order valence-corrected chi connectivity index (χ2v) is 6.48. The van der Waals surface area contributed by atoms with E-state index in [2.05, 4.69) is 4.98 Å². The molecule has 25 heavy (non-hydrogen) atoms. The van der Waals surface area contributed by atoms with Crippen LogP contribution in [-0.4, -0.2) is 59.9 Å². The molecular formula is C18H20ClN3O3. The van der Waals surface area contributed by atoms with Crippen molar-refractivity contribution in [2.45, 2.75) is 12.8 Å². The van der Waals surface area contributed by atoms with Gasteiger partial charge in [-0.25, -0.2) is 0 Å². The molecule has 0 atom stereocenters. The molecule has 1 aromatic carbocycles. The quantitative estimate of drug-likeness (QED) is 0.820. The van der Waals surface area contributed by atoms with Crippen molar-refractivity contribution in [3.63, 3.8) is 0 Å². The van der Waals surface area contributed by atoms with Crippen molar-refractivity contribution in [2.24, 2.45) is 0 Å². The second-order valence-electron chi connectivity index (χ2n) is 6.07. The van der Waals surface area contributed by atoms with Crippen LogP contribution >= 0.6 is 11.6 Å². The zero-order chi connectivity index (χ0) is 17.8. The lowest BCUT2D eigenvalue weighted by Crippen LogP contribution is -2.41. The topological polar surface area (TPSA) is 62.7 Å². The summed E-state index contributed by atoms with van der Waals surface area (Å²) in [4.78, 5) is 31.8. The van der Waals surface area contributed by atoms with E-state index in [1.165, 1.54) is 4.90 Å².